The van der Waals surface area contributed by atoms with Crippen LogP contribution in [0.5, 0.6) is 0 Å². The van der Waals surface area contributed by atoms with Crippen LogP contribution in [0, 0.1) is 0 Å². The smallest absolute Gasteiger partial charge is 0.121 e. The van der Waals surface area contributed by atoms with Crippen LogP contribution < -0.4 is 0 Å². The van der Waals surface area contributed by atoms with E-state index in [4.69, 9.17) is 9.47 Å². The van der Waals surface area contributed by atoms with Crippen molar-refractivity contribution in [2.45, 2.75) is 46.0 Å². The van der Waals surface area contributed by atoms with Gasteiger partial charge >= 0.3 is 0 Å². The van der Waals surface area contributed by atoms with E-state index in [-0.39, 0.29) is 0 Å². The van der Waals surface area contributed by atoms with Gasteiger partial charge in [-0.25, -0.2) is 0 Å². The molecule has 0 amide bonds. The van der Waals surface area contributed by atoms with Gasteiger partial charge in [0.05, 0.1) is 19.0 Å². The number of allylic oxidation sites excluding steroid dienone is 3. The average molecular weight is 265 g/mol. The van der Waals surface area contributed by atoms with E-state index in [1.807, 2.05) is 0 Å². The van der Waals surface area contributed by atoms with E-state index in [1.165, 1.54) is 18.4 Å². The first-order chi connectivity index (χ1) is 9.33. The lowest BCUT2D eigenvalue weighted by Gasteiger charge is -2.25. The second-order valence-corrected chi connectivity index (χ2v) is 5.26. The highest BCUT2D eigenvalue weighted by Gasteiger charge is 2.18. The van der Waals surface area contributed by atoms with Crippen LogP contribution >= 0.6 is 0 Å². The Morgan fingerprint density at radius 3 is 2.84 bits per heavy atom. The van der Waals surface area contributed by atoms with E-state index in [1.54, 1.807) is 0 Å². The molecule has 0 unspecified atom stereocenters. The first-order valence-corrected chi connectivity index (χ1v) is 7.74. The summed E-state index contributed by atoms with van der Waals surface area (Å²) < 4.78 is 11.6. The molecule has 3 nitrogen and oxygen atoms in total. The molecule has 108 valence electrons. The SMILES string of the molecule is CCN(CC)CCCOC1=CC2=C(CCCO2)CC1. The van der Waals surface area contributed by atoms with Crippen LogP contribution in [0.3, 0.4) is 0 Å². The summed E-state index contributed by atoms with van der Waals surface area (Å²) in [6.07, 6.45) is 7.78. The molecule has 0 spiro atoms. The molecule has 0 fully saturated rings. The third-order valence-corrected chi connectivity index (χ3v) is 3.99. The van der Waals surface area contributed by atoms with Crippen LogP contribution in [0.2, 0.25) is 0 Å². The van der Waals surface area contributed by atoms with E-state index < -0.39 is 0 Å². The fourth-order valence-electron chi connectivity index (χ4n) is 2.72. The molecule has 0 N–H and O–H groups in total. The molecule has 0 atom stereocenters. The van der Waals surface area contributed by atoms with Crippen LogP contribution in [0.25, 0.3) is 0 Å². The quantitative estimate of drug-likeness (QED) is 0.658. The minimum absolute atomic E-state index is 0.824. The molecular formula is C16H27NO2. The molecule has 1 aliphatic carbocycles. The van der Waals surface area contributed by atoms with Gasteiger partial charge in [-0.05, 0) is 44.3 Å². The molecular weight excluding hydrogens is 238 g/mol. The van der Waals surface area contributed by atoms with Crippen molar-refractivity contribution in [3.8, 4) is 0 Å². The highest BCUT2D eigenvalue weighted by Crippen LogP contribution is 2.31. The topological polar surface area (TPSA) is 21.7 Å². The summed E-state index contributed by atoms with van der Waals surface area (Å²) in [5, 5.41) is 0. The fraction of sp³-hybridized carbons (Fsp3) is 0.750. The summed E-state index contributed by atoms with van der Waals surface area (Å²) in [4.78, 5) is 2.43. The Morgan fingerprint density at radius 1 is 1.21 bits per heavy atom. The molecule has 0 saturated carbocycles. The van der Waals surface area contributed by atoms with E-state index in [2.05, 4.69) is 24.8 Å². The Labute approximate surface area is 117 Å². The Morgan fingerprint density at radius 2 is 2.05 bits per heavy atom. The minimum atomic E-state index is 0.824. The van der Waals surface area contributed by atoms with Gasteiger partial charge in [0.15, 0.2) is 0 Å². The van der Waals surface area contributed by atoms with Gasteiger partial charge in [0.1, 0.15) is 5.76 Å². The van der Waals surface area contributed by atoms with Crippen molar-refractivity contribution in [1.82, 2.24) is 4.90 Å². The lowest BCUT2D eigenvalue weighted by molar-refractivity contribution is 0.161. The number of hydrogen-bond acceptors (Lipinski definition) is 3. The molecule has 1 heterocycles. The number of ether oxygens (including phenoxy) is 2. The van der Waals surface area contributed by atoms with Gasteiger partial charge in [-0.3, -0.25) is 0 Å². The predicted molar refractivity (Wildman–Crippen MR) is 77.9 cm³/mol. The summed E-state index contributed by atoms with van der Waals surface area (Å²) in [5.41, 5.74) is 1.49. The summed E-state index contributed by atoms with van der Waals surface area (Å²) in [7, 11) is 0. The second-order valence-electron chi connectivity index (χ2n) is 5.26. The Balaban J connectivity index is 1.72. The molecule has 0 bridgehead atoms. The molecule has 1 aliphatic heterocycles. The van der Waals surface area contributed by atoms with E-state index >= 15 is 0 Å². The molecule has 0 saturated heterocycles. The number of hydrogen-bond donors (Lipinski definition) is 0. The first kappa shape index (κ1) is 14.4. The van der Waals surface area contributed by atoms with Crippen LogP contribution in [0.4, 0.5) is 0 Å². The van der Waals surface area contributed by atoms with E-state index in [0.29, 0.717) is 0 Å². The van der Waals surface area contributed by atoms with Gasteiger partial charge in [0.25, 0.3) is 0 Å². The number of nitrogens with zero attached hydrogens (tertiary/aromatic N) is 1. The van der Waals surface area contributed by atoms with Crippen LogP contribution in [0.1, 0.15) is 46.0 Å². The van der Waals surface area contributed by atoms with Crippen molar-refractivity contribution in [1.29, 1.82) is 0 Å². The van der Waals surface area contributed by atoms with Crippen molar-refractivity contribution in [2.24, 2.45) is 0 Å². The minimum Gasteiger partial charge on any atom is -0.498 e. The largest absolute Gasteiger partial charge is 0.498 e. The first-order valence-electron chi connectivity index (χ1n) is 7.74. The summed E-state index contributed by atoms with van der Waals surface area (Å²) in [6, 6.07) is 0. The van der Waals surface area contributed by atoms with Crippen LogP contribution in [-0.4, -0.2) is 37.7 Å². The lowest BCUT2D eigenvalue weighted by Crippen LogP contribution is -2.24. The molecule has 0 aromatic heterocycles. The number of rotatable bonds is 7. The van der Waals surface area contributed by atoms with E-state index in [0.717, 1.165) is 63.6 Å². The normalized spacial score (nSPS) is 19.0. The van der Waals surface area contributed by atoms with E-state index in [9.17, 15) is 0 Å². The summed E-state index contributed by atoms with van der Waals surface area (Å²) in [5.74, 6) is 2.21. The van der Waals surface area contributed by atoms with Crippen molar-refractivity contribution in [2.75, 3.05) is 32.8 Å². The fourth-order valence-corrected chi connectivity index (χ4v) is 2.72. The monoisotopic (exact) mass is 265 g/mol. The molecule has 3 heteroatoms. The zero-order valence-corrected chi connectivity index (χ0v) is 12.4. The van der Waals surface area contributed by atoms with Gasteiger partial charge in [-0.2, -0.15) is 0 Å². The van der Waals surface area contributed by atoms with Crippen LogP contribution in [-0.2, 0) is 9.47 Å². The highest BCUT2D eigenvalue weighted by atomic mass is 16.5. The maximum Gasteiger partial charge on any atom is 0.121 e. The molecule has 0 aromatic carbocycles. The van der Waals surface area contributed by atoms with Crippen molar-refractivity contribution in [3.63, 3.8) is 0 Å². The molecule has 19 heavy (non-hydrogen) atoms. The Hall–Kier alpha value is -0.960. The standard InChI is InChI=1S/C16H27NO2/c1-3-17(4-2)10-6-12-18-15-9-8-14-7-5-11-19-16(14)13-15/h13H,3-12H2,1-2H3. The summed E-state index contributed by atoms with van der Waals surface area (Å²) >= 11 is 0. The third-order valence-electron chi connectivity index (χ3n) is 3.99. The van der Waals surface area contributed by atoms with Crippen molar-refractivity contribution < 1.29 is 9.47 Å². The van der Waals surface area contributed by atoms with Crippen LogP contribution in [0.15, 0.2) is 23.2 Å². The zero-order chi connectivity index (χ0) is 13.5. The maximum atomic E-state index is 5.89. The second kappa shape index (κ2) is 7.59. The molecule has 2 aliphatic rings. The predicted octanol–water partition coefficient (Wildman–Crippen LogP) is 3.48. The zero-order valence-electron chi connectivity index (χ0n) is 12.4. The van der Waals surface area contributed by atoms with Crippen molar-refractivity contribution in [3.05, 3.63) is 23.2 Å². The third kappa shape index (κ3) is 4.27. The highest BCUT2D eigenvalue weighted by molar-refractivity contribution is 5.28. The molecule has 0 aromatic rings. The summed E-state index contributed by atoms with van der Waals surface area (Å²) in [6.45, 7) is 9.50. The van der Waals surface area contributed by atoms with Crippen molar-refractivity contribution >= 4 is 0 Å². The Bertz CT molecular complexity index is 343. The Kier molecular flexibility index (Phi) is 5.77. The maximum absolute atomic E-state index is 5.89. The average Bonchev–Trinajstić information content (AvgIpc) is 2.47. The van der Waals surface area contributed by atoms with Gasteiger partial charge < -0.3 is 14.4 Å². The van der Waals surface area contributed by atoms with Gasteiger partial charge in [0.2, 0.25) is 0 Å². The molecule has 2 rings (SSSR count). The van der Waals surface area contributed by atoms with Gasteiger partial charge in [-0.1, -0.05) is 13.8 Å². The van der Waals surface area contributed by atoms with Gasteiger partial charge in [0, 0.05) is 19.0 Å². The molecule has 0 radical (unpaired) electrons. The van der Waals surface area contributed by atoms with Gasteiger partial charge in [-0.15, -0.1) is 0 Å². The lowest BCUT2D eigenvalue weighted by atomic mass is 9.96.